The molecule has 1 aliphatic rings. The van der Waals surface area contributed by atoms with Crippen LogP contribution in [0, 0.1) is 0 Å². The molecule has 1 nitrogen and oxygen atoms in total. The molecule has 65 heavy (non-hydrogen) atoms. The zero-order valence-electron chi connectivity index (χ0n) is 36.1. The molecule has 0 aromatic heterocycles. The fourth-order valence-electron chi connectivity index (χ4n) is 11.9. The maximum Gasteiger partial charge on any atom is 0.171 e. The molecule has 0 aliphatic heterocycles. The molecule has 13 aromatic rings. The van der Waals surface area contributed by atoms with Gasteiger partial charge in [-0.25, -0.2) is 0 Å². The molecule has 0 spiro atoms. The second-order valence-electron chi connectivity index (χ2n) is 18.6. The van der Waals surface area contributed by atoms with Crippen molar-refractivity contribution in [3.63, 3.8) is 0 Å². The highest BCUT2D eigenvalue weighted by atomic mass is 31.2. The zero-order valence-corrected chi connectivity index (χ0v) is 37.0. The van der Waals surface area contributed by atoms with E-state index >= 15 is 4.57 Å². The predicted octanol–water partition coefficient (Wildman–Crippen LogP) is 16.0. The fourth-order valence-corrected chi connectivity index (χ4v) is 14.6. The molecule has 0 radical (unpaired) electrons. The summed E-state index contributed by atoms with van der Waals surface area (Å²) in [6.07, 6.45) is 0. The maximum absolute atomic E-state index is 17.3. The summed E-state index contributed by atoms with van der Waals surface area (Å²) in [6, 6.07) is 77.3. The first kappa shape index (κ1) is 36.9. The Morgan fingerprint density at radius 3 is 0.892 bits per heavy atom. The molecule has 0 amide bonds. The monoisotopic (exact) mass is 844 g/mol. The van der Waals surface area contributed by atoms with Crippen molar-refractivity contribution < 1.29 is 4.57 Å². The first-order valence-electron chi connectivity index (χ1n) is 22.7. The second kappa shape index (κ2) is 13.2. The Hall–Kier alpha value is -7.57. The van der Waals surface area contributed by atoms with E-state index in [4.69, 9.17) is 0 Å². The Morgan fingerprint density at radius 2 is 0.523 bits per heavy atom. The van der Waals surface area contributed by atoms with Gasteiger partial charge in [0.25, 0.3) is 0 Å². The smallest absolute Gasteiger partial charge is 0.171 e. The summed E-state index contributed by atoms with van der Waals surface area (Å²) in [7, 11) is -3.55. The van der Waals surface area contributed by atoms with Crippen LogP contribution in [0.3, 0.4) is 0 Å². The summed E-state index contributed by atoms with van der Waals surface area (Å²) in [4.78, 5) is 0. The molecule has 0 fully saturated rings. The van der Waals surface area contributed by atoms with Crippen molar-refractivity contribution in [2.75, 3.05) is 0 Å². The average Bonchev–Trinajstić information content (AvgIpc) is 3.59. The quantitative estimate of drug-likeness (QED) is 0.128. The van der Waals surface area contributed by atoms with Gasteiger partial charge in [-0.05, 0) is 150 Å². The maximum atomic E-state index is 17.3. The molecule has 0 heterocycles. The minimum absolute atomic E-state index is 0.344. The predicted molar refractivity (Wildman–Crippen MR) is 281 cm³/mol. The molecule has 13 aromatic carbocycles. The van der Waals surface area contributed by atoms with Crippen LogP contribution in [0.1, 0.15) is 25.0 Å². The largest absolute Gasteiger partial charge is 0.309 e. The van der Waals surface area contributed by atoms with Crippen molar-refractivity contribution in [2.45, 2.75) is 19.3 Å². The highest BCUT2D eigenvalue weighted by molar-refractivity contribution is 7.85. The molecule has 0 bridgehead atoms. The number of hydrogen-bond donors (Lipinski definition) is 0. The lowest BCUT2D eigenvalue weighted by molar-refractivity contribution is 0.592. The Bertz CT molecular complexity index is 4070. The van der Waals surface area contributed by atoms with E-state index in [-0.39, 0.29) is 5.41 Å². The van der Waals surface area contributed by atoms with Gasteiger partial charge in [0.1, 0.15) is 0 Å². The van der Waals surface area contributed by atoms with Crippen molar-refractivity contribution in [1.82, 2.24) is 0 Å². The Balaban J connectivity index is 1.05. The third-order valence-electron chi connectivity index (χ3n) is 15.1. The fraction of sp³-hybridized carbons (Fsp3) is 0.0476. The van der Waals surface area contributed by atoms with Crippen LogP contribution in [0.5, 0.6) is 0 Å². The molecule has 0 saturated heterocycles. The van der Waals surface area contributed by atoms with E-state index in [1.54, 1.807) is 0 Å². The van der Waals surface area contributed by atoms with Crippen LogP contribution in [0.4, 0.5) is 0 Å². The van der Waals surface area contributed by atoms with Crippen LogP contribution in [0.2, 0.25) is 0 Å². The lowest BCUT2D eigenvalue weighted by Gasteiger charge is -2.26. The molecule has 0 atom stereocenters. The van der Waals surface area contributed by atoms with E-state index in [0.717, 1.165) is 26.7 Å². The van der Waals surface area contributed by atoms with Crippen LogP contribution in [0.25, 0.3) is 108 Å². The van der Waals surface area contributed by atoms with Gasteiger partial charge in [-0.3, -0.25) is 0 Å². The molecule has 304 valence electrons. The summed E-state index contributed by atoms with van der Waals surface area (Å²) in [5, 5.41) is 24.4. The molecule has 2 heteroatoms. The van der Waals surface area contributed by atoms with Crippen LogP contribution in [-0.4, -0.2) is 0 Å². The Kier molecular flexibility index (Phi) is 7.51. The third-order valence-corrected chi connectivity index (χ3v) is 18.1. The van der Waals surface area contributed by atoms with Gasteiger partial charge in [-0.1, -0.05) is 196 Å². The average molecular weight is 845 g/mol. The van der Waals surface area contributed by atoms with E-state index in [1.165, 1.54) is 108 Å². The van der Waals surface area contributed by atoms with Crippen molar-refractivity contribution >= 4 is 120 Å². The van der Waals surface area contributed by atoms with Gasteiger partial charge in [0.15, 0.2) is 7.14 Å². The molecule has 1 aliphatic carbocycles. The summed E-state index contributed by atoms with van der Waals surface area (Å²) in [5.41, 5.74) is 4.65. The number of hydrogen-bond acceptors (Lipinski definition) is 1. The standard InChI is InChI=1S/C63H41OP/c1-63(2)61-35-40(29-32-55(61)60-36-58-51-25-13-9-19-45(51)46-20-10-14-26-52(46)59(58)37-62(60)63)65(64,38-27-30-53-47-21-5-3-15-41(47)43-17-7-11-23-49(43)56(53)33-38)39-28-31-54-48-22-6-4-16-42(48)44-18-8-12-24-50(44)57(54)34-39/h3-37H,1-2H3. The van der Waals surface area contributed by atoms with Crippen LogP contribution in [0.15, 0.2) is 212 Å². The van der Waals surface area contributed by atoms with Gasteiger partial charge in [0, 0.05) is 21.3 Å². The zero-order chi connectivity index (χ0) is 43.2. The van der Waals surface area contributed by atoms with E-state index in [9.17, 15) is 0 Å². The molecular formula is C63H41OP. The Labute approximate surface area is 376 Å². The third kappa shape index (κ3) is 4.97. The molecule has 0 unspecified atom stereocenters. The molecule has 0 saturated carbocycles. The molecule has 0 N–H and O–H groups in total. The highest BCUT2D eigenvalue weighted by Gasteiger charge is 2.39. The van der Waals surface area contributed by atoms with Gasteiger partial charge in [0.05, 0.1) is 0 Å². The van der Waals surface area contributed by atoms with E-state index < -0.39 is 7.14 Å². The first-order valence-corrected chi connectivity index (χ1v) is 24.4. The number of rotatable bonds is 3. The van der Waals surface area contributed by atoms with Gasteiger partial charge in [-0.15, -0.1) is 0 Å². The highest BCUT2D eigenvalue weighted by Crippen LogP contribution is 2.54. The van der Waals surface area contributed by atoms with Gasteiger partial charge >= 0.3 is 0 Å². The van der Waals surface area contributed by atoms with Crippen molar-refractivity contribution in [3.05, 3.63) is 223 Å². The van der Waals surface area contributed by atoms with Crippen molar-refractivity contribution in [1.29, 1.82) is 0 Å². The summed E-state index contributed by atoms with van der Waals surface area (Å²) < 4.78 is 17.3. The lowest BCUT2D eigenvalue weighted by Crippen LogP contribution is -2.26. The van der Waals surface area contributed by atoms with Crippen molar-refractivity contribution in [3.8, 4) is 11.1 Å². The van der Waals surface area contributed by atoms with E-state index in [1.807, 2.05) is 0 Å². The minimum atomic E-state index is -3.55. The minimum Gasteiger partial charge on any atom is -0.309 e. The van der Waals surface area contributed by atoms with E-state index in [0.29, 0.717) is 0 Å². The number of benzene rings is 13. The number of fused-ring (bicyclic) bond motifs is 21. The summed E-state index contributed by atoms with van der Waals surface area (Å²) in [6.45, 7) is 4.70. The van der Waals surface area contributed by atoms with Gasteiger partial charge in [-0.2, -0.15) is 0 Å². The molecular weight excluding hydrogens is 804 g/mol. The summed E-state index contributed by atoms with van der Waals surface area (Å²) in [5.74, 6) is 0. The van der Waals surface area contributed by atoms with Crippen LogP contribution >= 0.6 is 7.14 Å². The SMILES string of the molecule is CC1(C)c2cc(P(=O)(c3ccc4c5ccccc5c5ccccc5c4c3)c3ccc4c5ccccc5c5ccccc5c4c3)ccc2-c2cc3c4ccccc4c4ccccc4c3cc21. The van der Waals surface area contributed by atoms with Crippen LogP contribution in [-0.2, 0) is 9.98 Å². The Morgan fingerprint density at radius 1 is 0.262 bits per heavy atom. The van der Waals surface area contributed by atoms with Crippen LogP contribution < -0.4 is 15.9 Å². The van der Waals surface area contributed by atoms with E-state index in [2.05, 4.69) is 226 Å². The second-order valence-corrected chi connectivity index (χ2v) is 21.4. The van der Waals surface area contributed by atoms with Gasteiger partial charge in [0.2, 0.25) is 0 Å². The normalized spacial score (nSPS) is 13.6. The topological polar surface area (TPSA) is 17.1 Å². The van der Waals surface area contributed by atoms with Gasteiger partial charge < -0.3 is 4.57 Å². The molecule has 14 rings (SSSR count). The first-order chi connectivity index (χ1) is 31.9. The lowest BCUT2D eigenvalue weighted by atomic mass is 9.81. The summed E-state index contributed by atoms with van der Waals surface area (Å²) >= 11 is 0. The van der Waals surface area contributed by atoms with Crippen molar-refractivity contribution in [2.24, 2.45) is 0 Å².